The van der Waals surface area contributed by atoms with Gasteiger partial charge in [-0.25, -0.2) is 0 Å². The number of rotatable bonds is 4. The van der Waals surface area contributed by atoms with Gasteiger partial charge in [-0.05, 0) is 80.8 Å². The van der Waals surface area contributed by atoms with E-state index in [2.05, 4.69) is 76.5 Å². The Bertz CT molecular complexity index is 1420. The van der Waals surface area contributed by atoms with Gasteiger partial charge in [-0.2, -0.15) is 0 Å². The van der Waals surface area contributed by atoms with Gasteiger partial charge in [0.15, 0.2) is 12.1 Å². The van der Waals surface area contributed by atoms with E-state index in [1.54, 1.807) is 0 Å². The smallest absolute Gasteiger partial charge is 0.171 e. The molecule has 6 aliphatic rings. The van der Waals surface area contributed by atoms with Gasteiger partial charge in [0, 0.05) is 36.2 Å². The van der Waals surface area contributed by atoms with Crippen LogP contribution in [-0.4, -0.2) is 68.0 Å². The lowest BCUT2D eigenvalue weighted by molar-refractivity contribution is -0.322. The summed E-state index contributed by atoms with van der Waals surface area (Å²) in [6, 6.07) is 9.38. The summed E-state index contributed by atoms with van der Waals surface area (Å²) in [6.45, 7) is 16.2. The molecular weight excluding hydrogens is 605 g/mol. The average molecular weight is 663 g/mol. The Labute approximate surface area is 284 Å². The molecule has 7 atom stereocenters. The van der Waals surface area contributed by atoms with E-state index in [-0.39, 0.29) is 29.6 Å². The predicted octanol–water partition coefficient (Wildman–Crippen LogP) is 6.80. The summed E-state index contributed by atoms with van der Waals surface area (Å²) >= 11 is 0. The number of allylic oxidation sites excluding steroid dienone is 1. The largest absolute Gasteiger partial charge is 0.385 e. The van der Waals surface area contributed by atoms with E-state index >= 15 is 0 Å². The number of hydrogen-bond donors (Lipinski definition) is 2. The molecule has 6 nitrogen and oxygen atoms in total. The fraction of sp³-hybridized carbons (Fsp3) is 0.750. The van der Waals surface area contributed by atoms with Crippen molar-refractivity contribution in [3.05, 3.63) is 41.0 Å². The van der Waals surface area contributed by atoms with E-state index in [9.17, 15) is 10.2 Å². The monoisotopic (exact) mass is 662 g/mol. The van der Waals surface area contributed by atoms with Crippen molar-refractivity contribution in [3.63, 3.8) is 0 Å². The van der Waals surface area contributed by atoms with Crippen LogP contribution in [0.4, 0.5) is 0 Å². The maximum absolute atomic E-state index is 12.5. The lowest BCUT2D eigenvalue weighted by Gasteiger charge is -2.58. The van der Waals surface area contributed by atoms with Gasteiger partial charge >= 0.3 is 0 Å². The van der Waals surface area contributed by atoms with Crippen molar-refractivity contribution in [1.29, 1.82) is 0 Å². The molecule has 2 saturated heterocycles. The Balaban J connectivity index is 1.23. The van der Waals surface area contributed by atoms with Crippen molar-refractivity contribution in [1.82, 2.24) is 0 Å². The summed E-state index contributed by atoms with van der Waals surface area (Å²) in [5, 5.41) is 26.4. The van der Waals surface area contributed by atoms with Crippen LogP contribution in [0.25, 0.3) is 0 Å². The van der Waals surface area contributed by atoms with Crippen LogP contribution < -0.4 is 5.19 Å². The number of fused-ring (bicyclic) bond motifs is 4. The van der Waals surface area contributed by atoms with Crippen LogP contribution in [-0.2, 0) is 18.9 Å². The van der Waals surface area contributed by atoms with Gasteiger partial charge < -0.3 is 29.2 Å². The van der Waals surface area contributed by atoms with Crippen molar-refractivity contribution in [3.8, 4) is 11.8 Å². The molecule has 3 saturated carbocycles. The summed E-state index contributed by atoms with van der Waals surface area (Å²) in [5.41, 5.74) is 1.60. The van der Waals surface area contributed by atoms with Gasteiger partial charge in [0.25, 0.3) is 0 Å². The zero-order valence-electron chi connectivity index (χ0n) is 29.8. The van der Waals surface area contributed by atoms with E-state index in [0.29, 0.717) is 44.3 Å². The number of ether oxygens (including phenoxy) is 4. The molecule has 2 N–H and O–H groups in total. The Morgan fingerprint density at radius 2 is 1.68 bits per heavy atom. The first-order valence-corrected chi connectivity index (χ1v) is 22.0. The predicted molar refractivity (Wildman–Crippen MR) is 187 cm³/mol. The second kappa shape index (κ2) is 12.1. The fourth-order valence-electron chi connectivity index (χ4n) is 10.1. The lowest BCUT2D eigenvalue weighted by atomic mass is 9.49. The third-order valence-electron chi connectivity index (χ3n) is 13.0. The number of hydrogen-bond acceptors (Lipinski definition) is 6. The summed E-state index contributed by atoms with van der Waals surface area (Å²) in [7, 11) is -1.46. The van der Waals surface area contributed by atoms with E-state index in [1.165, 1.54) is 21.9 Å². The molecule has 7 heteroatoms. The molecule has 0 aromatic heterocycles. The van der Waals surface area contributed by atoms with Crippen molar-refractivity contribution >= 4 is 13.3 Å². The maximum atomic E-state index is 12.5. The molecule has 7 rings (SSSR count). The quantitative estimate of drug-likeness (QED) is 0.210. The standard InChI is InChI=1S/C40H58O6Si/c1-36(2)26-45-40(46-27-36)21-17-33-35-30(15-19-38(33,41)25-40)32-16-20-39(42,18-9-23-44-34-10-7-8-22-43-34)37(32,3)24-31(35)28-11-13-29(14-12-28)47(4,5)6/h11-14,30-32,34,41-42H,7-8,10,15-17,19-27H2,1-6H3/t30-,31+,32-,34?,37-,38+,39-/m0/s1. The fourth-order valence-corrected chi connectivity index (χ4v) is 11.3. The van der Waals surface area contributed by atoms with Crippen molar-refractivity contribution in [2.45, 2.75) is 140 Å². The van der Waals surface area contributed by atoms with Crippen LogP contribution in [0.5, 0.6) is 0 Å². The van der Waals surface area contributed by atoms with Crippen molar-refractivity contribution in [2.75, 3.05) is 26.4 Å². The minimum absolute atomic E-state index is 0.0107. The second-order valence-corrected chi connectivity index (χ2v) is 23.0. The summed E-state index contributed by atoms with van der Waals surface area (Å²) in [4.78, 5) is 0. The van der Waals surface area contributed by atoms with Crippen molar-refractivity contribution in [2.24, 2.45) is 22.7 Å². The molecule has 47 heavy (non-hydrogen) atoms. The molecule has 1 spiro atoms. The molecule has 2 aliphatic heterocycles. The first-order chi connectivity index (χ1) is 22.2. The first-order valence-electron chi connectivity index (χ1n) is 18.5. The molecule has 0 radical (unpaired) electrons. The Morgan fingerprint density at radius 3 is 2.36 bits per heavy atom. The zero-order chi connectivity index (χ0) is 33.3. The Morgan fingerprint density at radius 1 is 0.936 bits per heavy atom. The number of benzene rings is 1. The average Bonchev–Trinajstić information content (AvgIpc) is 3.30. The van der Waals surface area contributed by atoms with E-state index < -0.39 is 25.1 Å². The molecule has 2 heterocycles. The zero-order valence-corrected chi connectivity index (χ0v) is 30.8. The first kappa shape index (κ1) is 34.0. The SMILES string of the molecule is CC1(C)COC2(CCC3=C4[C@@H](CC[C@@]3(O)C2)[C@@H]2CC[C@@](O)(C#CCOC3CCCCO3)[C@@]2(C)C[C@@H]4c2ccc([Si](C)(C)C)cc2)OC1. The molecule has 1 aromatic rings. The van der Waals surface area contributed by atoms with Crippen LogP contribution in [0.1, 0.15) is 103 Å². The maximum Gasteiger partial charge on any atom is 0.171 e. The molecule has 1 aromatic carbocycles. The molecule has 4 aliphatic carbocycles. The minimum atomic E-state index is -1.46. The molecule has 258 valence electrons. The van der Waals surface area contributed by atoms with Crippen molar-refractivity contribution < 1.29 is 29.2 Å². The lowest BCUT2D eigenvalue weighted by Crippen LogP contribution is -2.58. The van der Waals surface area contributed by atoms with Crippen LogP contribution in [0.15, 0.2) is 35.4 Å². The van der Waals surface area contributed by atoms with Crippen LogP contribution >= 0.6 is 0 Å². The highest BCUT2D eigenvalue weighted by molar-refractivity contribution is 6.88. The summed E-state index contributed by atoms with van der Waals surface area (Å²) in [6.07, 6.45) is 9.07. The summed E-state index contributed by atoms with van der Waals surface area (Å²) < 4.78 is 24.6. The van der Waals surface area contributed by atoms with Gasteiger partial charge in [-0.1, -0.05) is 87.3 Å². The molecule has 0 amide bonds. The highest BCUT2D eigenvalue weighted by Gasteiger charge is 2.64. The summed E-state index contributed by atoms with van der Waals surface area (Å²) in [5.74, 6) is 6.66. The van der Waals surface area contributed by atoms with E-state index in [0.717, 1.165) is 58.0 Å². The highest BCUT2D eigenvalue weighted by atomic mass is 28.3. The third kappa shape index (κ3) is 6.13. The molecule has 5 fully saturated rings. The van der Waals surface area contributed by atoms with Gasteiger partial charge in [0.05, 0.1) is 26.9 Å². The Kier molecular flexibility index (Phi) is 8.73. The van der Waals surface area contributed by atoms with Gasteiger partial charge in [0.1, 0.15) is 12.2 Å². The van der Waals surface area contributed by atoms with E-state index in [4.69, 9.17) is 18.9 Å². The second-order valence-electron chi connectivity index (χ2n) is 17.9. The van der Waals surface area contributed by atoms with Gasteiger partial charge in [-0.15, -0.1) is 0 Å². The highest BCUT2D eigenvalue weighted by Crippen LogP contribution is 2.68. The Hall–Kier alpha value is -1.50. The normalized spacial score (nSPS) is 39.4. The molecular formula is C40H58O6Si. The number of aliphatic hydroxyl groups is 2. The van der Waals surface area contributed by atoms with Crippen LogP contribution in [0, 0.1) is 34.5 Å². The van der Waals surface area contributed by atoms with Crippen LogP contribution in [0.3, 0.4) is 0 Å². The topological polar surface area (TPSA) is 77.4 Å². The van der Waals surface area contributed by atoms with Gasteiger partial charge in [-0.3, -0.25) is 0 Å². The van der Waals surface area contributed by atoms with Crippen LogP contribution in [0.2, 0.25) is 19.6 Å². The minimum Gasteiger partial charge on any atom is -0.385 e. The molecule has 0 bridgehead atoms. The van der Waals surface area contributed by atoms with Gasteiger partial charge in [0.2, 0.25) is 0 Å². The third-order valence-corrected chi connectivity index (χ3v) is 15.0. The molecule has 1 unspecified atom stereocenters. The van der Waals surface area contributed by atoms with E-state index in [1.807, 2.05) is 0 Å².